The molecule has 0 spiro atoms. The molecule has 0 saturated heterocycles. The summed E-state index contributed by atoms with van der Waals surface area (Å²) in [5.74, 6) is 1.83. The third kappa shape index (κ3) is 3.74. The number of imidazole rings is 1. The minimum Gasteiger partial charge on any atom is -0.493 e. The van der Waals surface area contributed by atoms with Gasteiger partial charge in [0.15, 0.2) is 5.78 Å². The summed E-state index contributed by atoms with van der Waals surface area (Å²) in [6, 6.07) is 12.4. The van der Waals surface area contributed by atoms with Crippen LogP contribution < -0.4 is 10.1 Å². The Morgan fingerprint density at radius 1 is 1.12 bits per heavy atom. The van der Waals surface area contributed by atoms with E-state index in [0.717, 1.165) is 40.4 Å². The third-order valence-corrected chi connectivity index (χ3v) is 6.31. The molecule has 1 saturated carbocycles. The Labute approximate surface area is 188 Å². The molecule has 0 aliphatic heterocycles. The van der Waals surface area contributed by atoms with Crippen LogP contribution in [-0.4, -0.2) is 32.2 Å². The molecule has 6 heteroatoms. The summed E-state index contributed by atoms with van der Waals surface area (Å²) in [4.78, 5) is 17.4. The molecule has 6 nitrogen and oxygen atoms in total. The van der Waals surface area contributed by atoms with Crippen molar-refractivity contribution in [2.24, 2.45) is 0 Å². The van der Waals surface area contributed by atoms with E-state index in [-0.39, 0.29) is 5.78 Å². The molecule has 1 aliphatic rings. The first-order valence-corrected chi connectivity index (χ1v) is 11.7. The van der Waals surface area contributed by atoms with Gasteiger partial charge < -0.3 is 14.5 Å². The van der Waals surface area contributed by atoms with Crippen LogP contribution in [0.25, 0.3) is 22.4 Å². The molecule has 0 bridgehead atoms. The highest BCUT2D eigenvalue weighted by atomic mass is 16.5. The summed E-state index contributed by atoms with van der Waals surface area (Å²) >= 11 is 0. The van der Waals surface area contributed by atoms with E-state index < -0.39 is 0 Å². The van der Waals surface area contributed by atoms with Crippen molar-refractivity contribution >= 4 is 22.8 Å². The average molecular weight is 431 g/mol. The molecule has 0 aromatic carbocycles. The predicted molar refractivity (Wildman–Crippen MR) is 128 cm³/mol. The zero-order chi connectivity index (χ0) is 22.1. The van der Waals surface area contributed by atoms with Crippen LogP contribution in [0.4, 0.5) is 5.82 Å². The Morgan fingerprint density at radius 2 is 1.97 bits per heavy atom. The lowest BCUT2D eigenvalue weighted by Crippen LogP contribution is -2.23. The minimum absolute atomic E-state index is 0.0269. The number of nitrogens with one attached hydrogen (secondary N) is 1. The van der Waals surface area contributed by atoms with Crippen LogP contribution in [0.2, 0.25) is 0 Å². The molecule has 1 fully saturated rings. The van der Waals surface area contributed by atoms with E-state index in [0.29, 0.717) is 18.3 Å². The molecule has 4 aromatic heterocycles. The first-order chi connectivity index (χ1) is 15.7. The van der Waals surface area contributed by atoms with Crippen molar-refractivity contribution in [1.82, 2.24) is 13.8 Å². The Morgan fingerprint density at radius 3 is 2.75 bits per heavy atom. The number of pyridine rings is 2. The van der Waals surface area contributed by atoms with Gasteiger partial charge in [0.05, 0.1) is 17.8 Å². The molecule has 166 valence electrons. The van der Waals surface area contributed by atoms with E-state index in [1.807, 2.05) is 47.0 Å². The number of anilines is 1. The maximum atomic E-state index is 12.4. The van der Waals surface area contributed by atoms with E-state index in [9.17, 15) is 4.79 Å². The smallest absolute Gasteiger partial charge is 0.176 e. The Kier molecular flexibility index (Phi) is 5.60. The van der Waals surface area contributed by atoms with Gasteiger partial charge in [-0.3, -0.25) is 9.20 Å². The van der Waals surface area contributed by atoms with Crippen LogP contribution in [-0.2, 0) is 0 Å². The van der Waals surface area contributed by atoms with Crippen molar-refractivity contribution < 1.29 is 9.53 Å². The van der Waals surface area contributed by atoms with Crippen LogP contribution in [0.15, 0.2) is 48.8 Å². The lowest BCUT2D eigenvalue weighted by atomic mass is 9.95. The zero-order valence-corrected chi connectivity index (χ0v) is 18.8. The number of hydrogen-bond acceptors (Lipinski definition) is 4. The number of carbonyl (C=O) groups is 1. The number of aromatic nitrogens is 3. The van der Waals surface area contributed by atoms with Crippen molar-refractivity contribution in [2.45, 2.75) is 58.4 Å². The molecule has 0 atom stereocenters. The Balaban J connectivity index is 1.69. The summed E-state index contributed by atoms with van der Waals surface area (Å²) in [7, 11) is 0. The normalized spacial score (nSPS) is 14.8. The van der Waals surface area contributed by atoms with E-state index >= 15 is 0 Å². The van der Waals surface area contributed by atoms with Crippen LogP contribution in [0.5, 0.6) is 5.75 Å². The van der Waals surface area contributed by atoms with Crippen LogP contribution in [0, 0.1) is 0 Å². The number of ketones is 1. The first-order valence-electron chi connectivity index (χ1n) is 11.7. The summed E-state index contributed by atoms with van der Waals surface area (Å²) in [6.45, 7) is 4.36. The highest BCUT2D eigenvalue weighted by molar-refractivity contribution is 5.99. The summed E-state index contributed by atoms with van der Waals surface area (Å²) in [5.41, 5.74) is 4.29. The molecule has 0 unspecified atom stereocenters. The number of fused-ring (bicyclic) bond motifs is 2. The van der Waals surface area contributed by atoms with Crippen LogP contribution >= 0.6 is 0 Å². The van der Waals surface area contributed by atoms with Crippen molar-refractivity contribution in [3.8, 4) is 17.0 Å². The highest BCUT2D eigenvalue weighted by Crippen LogP contribution is 2.36. The number of nitrogens with zero attached hydrogens (tertiary/aromatic N) is 3. The molecule has 4 aromatic rings. The van der Waals surface area contributed by atoms with Gasteiger partial charge in [-0.15, -0.1) is 0 Å². The minimum atomic E-state index is 0.0269. The van der Waals surface area contributed by atoms with Gasteiger partial charge in [0, 0.05) is 37.0 Å². The number of Topliss-reactive ketones (excluding diaryl/α,β-unsaturated/α-hetero) is 1. The van der Waals surface area contributed by atoms with Gasteiger partial charge >= 0.3 is 0 Å². The number of ether oxygens (including phenoxy) is 1. The number of carbonyl (C=O) groups excluding carboxylic acids is 1. The van der Waals surface area contributed by atoms with Crippen molar-refractivity contribution in [3.05, 3.63) is 54.5 Å². The van der Waals surface area contributed by atoms with Gasteiger partial charge in [0.25, 0.3) is 0 Å². The Bertz CT molecular complexity index is 1260. The van der Waals surface area contributed by atoms with E-state index in [1.165, 1.54) is 32.1 Å². The lowest BCUT2D eigenvalue weighted by molar-refractivity contribution is 0.101. The molecule has 4 heterocycles. The largest absolute Gasteiger partial charge is 0.493 e. The van der Waals surface area contributed by atoms with Crippen molar-refractivity contribution in [2.75, 3.05) is 11.9 Å². The molecule has 5 rings (SSSR count). The fourth-order valence-corrected chi connectivity index (χ4v) is 4.71. The monoisotopic (exact) mass is 430 g/mol. The molecule has 0 amide bonds. The molecule has 32 heavy (non-hydrogen) atoms. The second kappa shape index (κ2) is 8.69. The zero-order valence-electron chi connectivity index (χ0n) is 18.8. The molecule has 1 aliphatic carbocycles. The maximum Gasteiger partial charge on any atom is 0.176 e. The molecule has 1 N–H and O–H groups in total. The second-order valence-electron chi connectivity index (χ2n) is 8.68. The van der Waals surface area contributed by atoms with Crippen molar-refractivity contribution in [1.29, 1.82) is 0 Å². The van der Waals surface area contributed by atoms with Crippen LogP contribution in [0.3, 0.4) is 0 Å². The standard InChI is InChI=1S/C26H30N4O2/c1-3-15-32-20-12-14-29-22(18(2)31)17-21(23(29)16-20)25-26(27-19-9-5-4-6-10-19)30-13-8-7-11-24(30)28-25/h7-8,11-14,16-17,19,27H,3-6,9-10,15H2,1-2H3. The first kappa shape index (κ1) is 20.6. The van der Waals surface area contributed by atoms with Crippen LogP contribution in [0.1, 0.15) is 62.9 Å². The second-order valence-corrected chi connectivity index (χ2v) is 8.68. The SMILES string of the molecule is CCCOc1ccn2c(C(C)=O)cc(-c3nc4ccccn4c3NC3CCCCC3)c2c1. The Hall–Kier alpha value is -3.28. The molecular formula is C26H30N4O2. The summed E-state index contributed by atoms with van der Waals surface area (Å²) in [6.07, 6.45) is 11.1. The summed E-state index contributed by atoms with van der Waals surface area (Å²) in [5, 5.41) is 3.80. The maximum absolute atomic E-state index is 12.4. The summed E-state index contributed by atoms with van der Waals surface area (Å²) < 4.78 is 9.97. The van der Waals surface area contributed by atoms with Crippen molar-refractivity contribution in [3.63, 3.8) is 0 Å². The average Bonchev–Trinajstić information content (AvgIpc) is 3.37. The number of rotatable bonds is 7. The highest BCUT2D eigenvalue weighted by Gasteiger charge is 2.23. The van der Waals surface area contributed by atoms with Gasteiger partial charge in [-0.2, -0.15) is 0 Å². The van der Waals surface area contributed by atoms with Gasteiger partial charge in [0.1, 0.15) is 22.9 Å². The van der Waals surface area contributed by atoms with Gasteiger partial charge in [-0.1, -0.05) is 32.3 Å². The fraction of sp³-hybridized carbons (Fsp3) is 0.385. The fourth-order valence-electron chi connectivity index (χ4n) is 4.71. The van der Waals surface area contributed by atoms with E-state index in [4.69, 9.17) is 9.72 Å². The topological polar surface area (TPSA) is 60.0 Å². The quantitative estimate of drug-likeness (QED) is 0.366. The van der Waals surface area contributed by atoms with Gasteiger partial charge in [0.2, 0.25) is 0 Å². The van der Waals surface area contributed by atoms with Gasteiger partial charge in [-0.05, 0) is 43.5 Å². The predicted octanol–water partition coefficient (Wildman–Crippen LogP) is 5.99. The lowest BCUT2D eigenvalue weighted by Gasteiger charge is -2.24. The van der Waals surface area contributed by atoms with Gasteiger partial charge in [-0.25, -0.2) is 4.98 Å². The number of hydrogen-bond donors (Lipinski definition) is 1. The molecule has 0 radical (unpaired) electrons. The molecular weight excluding hydrogens is 400 g/mol. The van der Waals surface area contributed by atoms with E-state index in [2.05, 4.69) is 22.8 Å². The van der Waals surface area contributed by atoms with E-state index in [1.54, 1.807) is 6.92 Å². The third-order valence-electron chi connectivity index (χ3n) is 6.31.